The maximum Gasteiger partial charge on any atom is 0.255 e. The number of anilines is 1. The Bertz CT molecular complexity index is 981. The maximum absolute atomic E-state index is 12.8. The Morgan fingerprint density at radius 2 is 1.72 bits per heavy atom. The van der Waals surface area contributed by atoms with Crippen LogP contribution in [0.5, 0.6) is 11.5 Å². The highest BCUT2D eigenvalue weighted by Gasteiger charge is 2.26. The van der Waals surface area contributed by atoms with Crippen LogP contribution in [0.3, 0.4) is 0 Å². The van der Waals surface area contributed by atoms with Gasteiger partial charge in [0.1, 0.15) is 16.0 Å². The number of nitrogens with zero attached hydrogens (tertiary/aromatic N) is 1. The van der Waals surface area contributed by atoms with E-state index in [4.69, 9.17) is 14.2 Å². The first kappa shape index (κ1) is 21.6. The summed E-state index contributed by atoms with van der Waals surface area (Å²) in [5, 5.41) is 2.72. The summed E-state index contributed by atoms with van der Waals surface area (Å²) in [5.74, 6) is 0.464. The Morgan fingerprint density at radius 3 is 2.31 bits per heavy atom. The van der Waals surface area contributed by atoms with Gasteiger partial charge < -0.3 is 19.5 Å². The molecule has 8 nitrogen and oxygen atoms in total. The normalized spacial score (nSPS) is 15.0. The lowest BCUT2D eigenvalue weighted by molar-refractivity contribution is 0.0730. The number of carbonyl (C=O) groups excluding carboxylic acids is 1. The zero-order valence-corrected chi connectivity index (χ0v) is 18.4. The Balaban J connectivity index is 1.84. The predicted octanol–water partition coefficient (Wildman–Crippen LogP) is 2.74. The summed E-state index contributed by atoms with van der Waals surface area (Å²) in [6.45, 7) is 1.33. The summed E-state index contributed by atoms with van der Waals surface area (Å²) in [7, 11) is -0.682. The van der Waals surface area contributed by atoms with Crippen molar-refractivity contribution < 1.29 is 27.4 Å². The van der Waals surface area contributed by atoms with E-state index in [2.05, 4.69) is 21.2 Å². The Labute approximate surface area is 177 Å². The number of hydrogen-bond donors (Lipinski definition) is 1. The lowest BCUT2D eigenvalue weighted by Gasteiger charge is -2.26. The molecule has 0 aliphatic carbocycles. The fourth-order valence-corrected chi connectivity index (χ4v) is 4.88. The van der Waals surface area contributed by atoms with Crippen molar-refractivity contribution in [2.75, 3.05) is 45.8 Å². The molecule has 10 heteroatoms. The lowest BCUT2D eigenvalue weighted by atomic mass is 10.1. The van der Waals surface area contributed by atoms with E-state index in [1.54, 1.807) is 24.3 Å². The van der Waals surface area contributed by atoms with Crippen LogP contribution in [0.15, 0.2) is 45.8 Å². The molecule has 1 saturated heterocycles. The number of halogens is 1. The van der Waals surface area contributed by atoms with Gasteiger partial charge in [0.15, 0.2) is 0 Å². The summed E-state index contributed by atoms with van der Waals surface area (Å²) in [4.78, 5) is 12.8. The van der Waals surface area contributed by atoms with Crippen LogP contribution < -0.4 is 14.8 Å². The van der Waals surface area contributed by atoms with Crippen LogP contribution in [0.25, 0.3) is 0 Å². The van der Waals surface area contributed by atoms with Crippen molar-refractivity contribution in [3.8, 4) is 11.5 Å². The molecule has 0 unspecified atom stereocenters. The molecule has 2 aromatic rings. The second-order valence-corrected chi connectivity index (χ2v) is 8.92. The number of ether oxygens (including phenoxy) is 3. The van der Waals surface area contributed by atoms with Gasteiger partial charge in [-0.25, -0.2) is 8.42 Å². The first-order valence-electron chi connectivity index (χ1n) is 8.77. The molecule has 1 fully saturated rings. The van der Waals surface area contributed by atoms with Crippen LogP contribution in [-0.4, -0.2) is 59.2 Å². The van der Waals surface area contributed by atoms with E-state index in [9.17, 15) is 13.2 Å². The zero-order valence-electron chi connectivity index (χ0n) is 16.0. The van der Waals surface area contributed by atoms with Crippen LogP contribution in [0.2, 0.25) is 0 Å². The van der Waals surface area contributed by atoms with Crippen molar-refractivity contribution in [1.29, 1.82) is 0 Å². The van der Waals surface area contributed by atoms with Crippen molar-refractivity contribution in [3.05, 3.63) is 46.4 Å². The van der Waals surface area contributed by atoms with Gasteiger partial charge in [-0.3, -0.25) is 4.79 Å². The van der Waals surface area contributed by atoms with Crippen molar-refractivity contribution in [2.24, 2.45) is 0 Å². The second kappa shape index (κ2) is 9.12. The molecule has 0 bridgehead atoms. The highest BCUT2D eigenvalue weighted by atomic mass is 79.9. The van der Waals surface area contributed by atoms with Crippen molar-refractivity contribution in [2.45, 2.75) is 4.90 Å². The van der Waals surface area contributed by atoms with E-state index in [1.165, 1.54) is 30.7 Å². The predicted molar refractivity (Wildman–Crippen MR) is 111 cm³/mol. The molecule has 1 amide bonds. The number of rotatable bonds is 6. The molecular weight excluding hydrogens is 464 g/mol. The number of hydrogen-bond acceptors (Lipinski definition) is 6. The molecule has 2 aromatic carbocycles. The molecule has 0 saturated carbocycles. The average Bonchev–Trinajstić information content (AvgIpc) is 2.74. The van der Waals surface area contributed by atoms with Gasteiger partial charge >= 0.3 is 0 Å². The molecule has 1 heterocycles. The molecule has 1 aliphatic heterocycles. The molecule has 0 aromatic heterocycles. The summed E-state index contributed by atoms with van der Waals surface area (Å²) < 4.78 is 43.3. The number of nitrogens with one attached hydrogen (secondary N) is 1. The summed E-state index contributed by atoms with van der Waals surface area (Å²) in [6.07, 6.45) is 0. The van der Waals surface area contributed by atoms with Crippen LogP contribution >= 0.6 is 15.9 Å². The Kier molecular flexibility index (Phi) is 6.78. The molecule has 1 aliphatic rings. The minimum atomic E-state index is -3.66. The standard InChI is InChI=1S/C19H21BrN2O6S/c1-26-16-10-13(11-17(27-2)18(16)20)19(23)21-14-4-3-5-15(12-14)29(24,25)22-6-8-28-9-7-22/h3-5,10-12H,6-9H2,1-2H3,(H,21,23). The quantitative estimate of drug-likeness (QED) is 0.677. The van der Waals surface area contributed by atoms with Gasteiger partial charge in [0.05, 0.1) is 32.3 Å². The van der Waals surface area contributed by atoms with Crippen LogP contribution in [0, 0.1) is 0 Å². The average molecular weight is 485 g/mol. The Hall–Kier alpha value is -2.14. The fraction of sp³-hybridized carbons (Fsp3) is 0.316. The van der Waals surface area contributed by atoms with Crippen LogP contribution in [0.4, 0.5) is 5.69 Å². The van der Waals surface area contributed by atoms with Gasteiger partial charge in [0.25, 0.3) is 5.91 Å². The monoisotopic (exact) mass is 484 g/mol. The molecule has 1 N–H and O–H groups in total. The van der Waals surface area contributed by atoms with Crippen molar-refractivity contribution in [1.82, 2.24) is 4.31 Å². The third-order valence-corrected chi connectivity index (χ3v) is 7.08. The summed E-state index contributed by atoms with van der Waals surface area (Å²) in [6, 6.07) is 9.30. The van der Waals surface area contributed by atoms with Gasteiger partial charge in [0, 0.05) is 24.3 Å². The number of sulfonamides is 1. The van der Waals surface area contributed by atoms with Crippen molar-refractivity contribution in [3.63, 3.8) is 0 Å². The molecule has 0 spiro atoms. The third-order valence-electron chi connectivity index (χ3n) is 4.41. The van der Waals surface area contributed by atoms with Gasteiger partial charge in [0.2, 0.25) is 10.0 Å². The van der Waals surface area contributed by atoms with E-state index in [1.807, 2.05) is 0 Å². The maximum atomic E-state index is 12.8. The molecular formula is C19H21BrN2O6S. The van der Waals surface area contributed by atoms with Gasteiger partial charge in [-0.05, 0) is 46.3 Å². The largest absolute Gasteiger partial charge is 0.495 e. The van der Waals surface area contributed by atoms with E-state index in [0.29, 0.717) is 53.5 Å². The first-order chi connectivity index (χ1) is 13.9. The number of benzene rings is 2. The number of methoxy groups -OCH3 is 2. The highest BCUT2D eigenvalue weighted by Crippen LogP contribution is 2.35. The van der Waals surface area contributed by atoms with E-state index >= 15 is 0 Å². The smallest absolute Gasteiger partial charge is 0.255 e. The second-order valence-electron chi connectivity index (χ2n) is 6.19. The lowest BCUT2D eigenvalue weighted by Crippen LogP contribution is -2.40. The van der Waals surface area contributed by atoms with E-state index in [0.717, 1.165) is 0 Å². The topological polar surface area (TPSA) is 94.2 Å². The van der Waals surface area contributed by atoms with Crippen LogP contribution in [-0.2, 0) is 14.8 Å². The molecule has 156 valence electrons. The minimum absolute atomic E-state index is 0.114. The number of amides is 1. The minimum Gasteiger partial charge on any atom is -0.495 e. The molecule has 29 heavy (non-hydrogen) atoms. The van der Waals surface area contributed by atoms with E-state index in [-0.39, 0.29) is 4.90 Å². The highest BCUT2D eigenvalue weighted by molar-refractivity contribution is 9.10. The SMILES string of the molecule is COc1cc(C(=O)Nc2cccc(S(=O)(=O)N3CCOCC3)c2)cc(OC)c1Br. The summed E-state index contributed by atoms with van der Waals surface area (Å²) >= 11 is 3.36. The number of carbonyl (C=O) groups is 1. The number of morpholine rings is 1. The molecule has 0 atom stereocenters. The molecule has 0 radical (unpaired) electrons. The van der Waals surface area contributed by atoms with Crippen LogP contribution in [0.1, 0.15) is 10.4 Å². The van der Waals surface area contributed by atoms with Gasteiger partial charge in [-0.1, -0.05) is 6.07 Å². The van der Waals surface area contributed by atoms with Gasteiger partial charge in [-0.2, -0.15) is 4.31 Å². The fourth-order valence-electron chi connectivity index (χ4n) is 2.87. The van der Waals surface area contributed by atoms with Crippen molar-refractivity contribution >= 4 is 37.5 Å². The third kappa shape index (κ3) is 4.72. The summed E-state index contributed by atoms with van der Waals surface area (Å²) in [5.41, 5.74) is 0.675. The first-order valence-corrected chi connectivity index (χ1v) is 11.0. The molecule has 3 rings (SSSR count). The van der Waals surface area contributed by atoms with Gasteiger partial charge in [-0.15, -0.1) is 0 Å². The Morgan fingerprint density at radius 1 is 1.10 bits per heavy atom. The zero-order chi connectivity index (χ0) is 21.0. The van der Waals surface area contributed by atoms with E-state index < -0.39 is 15.9 Å².